The minimum atomic E-state index is -1.73. The number of hydrogen-bond acceptors (Lipinski definition) is 13. The van der Waals surface area contributed by atoms with Crippen LogP contribution in [0, 0.1) is 5.92 Å². The van der Waals surface area contributed by atoms with Crippen molar-refractivity contribution in [2.24, 2.45) is 5.92 Å². The molecule has 0 saturated carbocycles. The van der Waals surface area contributed by atoms with Gasteiger partial charge in [-0.2, -0.15) is 0 Å². The van der Waals surface area contributed by atoms with Gasteiger partial charge >= 0.3 is 11.9 Å². The minimum Gasteiger partial charge on any atom is -0.504 e. The van der Waals surface area contributed by atoms with Crippen molar-refractivity contribution in [3.63, 3.8) is 0 Å². The number of carbonyl (C=O) groups excluding carboxylic acids is 1. The molecule has 7 N–H and O–H groups in total. The lowest BCUT2D eigenvalue weighted by Crippen LogP contribution is -2.60. The van der Waals surface area contributed by atoms with Crippen LogP contribution in [0.4, 0.5) is 0 Å². The van der Waals surface area contributed by atoms with Crippen molar-refractivity contribution in [1.29, 1.82) is 0 Å². The molecule has 0 aliphatic carbocycles. The lowest BCUT2D eigenvalue weighted by atomic mass is 9.86. The van der Waals surface area contributed by atoms with Gasteiger partial charge in [-0.1, -0.05) is 12.1 Å². The number of esters is 1. The monoisotopic (exact) mass is 570 g/mol. The number of aromatic hydroxyl groups is 2. The van der Waals surface area contributed by atoms with E-state index < -0.39 is 74.0 Å². The maximum absolute atomic E-state index is 12.9. The van der Waals surface area contributed by atoms with Gasteiger partial charge in [0, 0.05) is 18.1 Å². The summed E-state index contributed by atoms with van der Waals surface area (Å²) in [6, 6.07) is 4.02. The van der Waals surface area contributed by atoms with Crippen LogP contribution in [-0.2, 0) is 33.3 Å². The largest absolute Gasteiger partial charge is 0.504 e. The number of benzene rings is 1. The van der Waals surface area contributed by atoms with Crippen molar-refractivity contribution >= 4 is 11.9 Å². The number of carbonyl (C=O) groups is 2. The molecule has 2 aliphatic heterocycles. The summed E-state index contributed by atoms with van der Waals surface area (Å²) in [6.45, 7) is 2.55. The number of phenolic OH excluding ortho intramolecular Hbond substituents is 2. The first-order chi connectivity index (χ1) is 19.0. The van der Waals surface area contributed by atoms with Crippen LogP contribution in [0.5, 0.6) is 11.5 Å². The van der Waals surface area contributed by atoms with E-state index in [-0.39, 0.29) is 35.9 Å². The van der Waals surface area contributed by atoms with Gasteiger partial charge in [0.05, 0.1) is 24.9 Å². The van der Waals surface area contributed by atoms with Gasteiger partial charge in [0.15, 0.2) is 17.8 Å². The highest BCUT2D eigenvalue weighted by molar-refractivity contribution is 5.89. The van der Waals surface area contributed by atoms with Crippen molar-refractivity contribution in [3.05, 3.63) is 47.2 Å². The molecular weight excluding hydrogens is 536 g/mol. The smallest absolute Gasteiger partial charge is 0.335 e. The minimum absolute atomic E-state index is 0.179. The zero-order valence-electron chi connectivity index (χ0n) is 21.8. The summed E-state index contributed by atoms with van der Waals surface area (Å²) in [4.78, 5) is 24.8. The molecule has 40 heavy (non-hydrogen) atoms. The Morgan fingerprint density at radius 1 is 1.10 bits per heavy atom. The van der Waals surface area contributed by atoms with Gasteiger partial charge in [-0.3, -0.25) is 4.79 Å². The molecule has 3 rings (SSSR count). The van der Waals surface area contributed by atoms with Crippen molar-refractivity contribution < 1.29 is 69.0 Å². The Morgan fingerprint density at radius 3 is 2.42 bits per heavy atom. The number of carboxylic acid groups (broad SMARTS) is 1. The second-order valence-corrected chi connectivity index (χ2v) is 9.10. The molecule has 1 aromatic carbocycles. The first kappa shape index (κ1) is 31.3. The standard InChI is InChI=1S/C26H34O14/c1-3-13-14(8-20(30)37-11-19(36-4-2)12-5-6-16(28)17(29)7-12)15(24(34)35)10-38-25(13)40-26-23(33)22(32)21(31)18(9-27)39-26/h3,5-7,10,14,18-19,21-23,25-29,31-33H,4,8-9,11H2,1-2H3,(H,34,35)/t14-,18+,19?,21+,22-,23+,25-,26?/m0/s1. The molecule has 14 nitrogen and oxygen atoms in total. The highest BCUT2D eigenvalue weighted by Gasteiger charge is 2.46. The quantitative estimate of drug-likeness (QED) is 0.104. The van der Waals surface area contributed by atoms with E-state index in [4.69, 9.17) is 23.7 Å². The second-order valence-electron chi connectivity index (χ2n) is 9.10. The molecule has 1 aromatic rings. The molecular formula is C26H34O14. The fourth-order valence-corrected chi connectivity index (χ4v) is 4.39. The Kier molecular flexibility index (Phi) is 10.9. The van der Waals surface area contributed by atoms with E-state index in [1.165, 1.54) is 24.3 Å². The van der Waals surface area contributed by atoms with E-state index >= 15 is 0 Å². The Bertz CT molecular complexity index is 1100. The van der Waals surface area contributed by atoms with Crippen LogP contribution in [0.3, 0.4) is 0 Å². The molecule has 0 spiro atoms. The number of aliphatic carboxylic acids is 1. The molecule has 2 aliphatic rings. The number of rotatable bonds is 11. The maximum atomic E-state index is 12.9. The third-order valence-electron chi connectivity index (χ3n) is 6.56. The van der Waals surface area contributed by atoms with Gasteiger partial charge in [-0.05, 0) is 31.5 Å². The van der Waals surface area contributed by atoms with Crippen LogP contribution in [0.25, 0.3) is 0 Å². The van der Waals surface area contributed by atoms with E-state index in [1.807, 2.05) is 0 Å². The topological polar surface area (TPSA) is 222 Å². The number of allylic oxidation sites excluding steroid dienone is 1. The lowest BCUT2D eigenvalue weighted by molar-refractivity contribution is -0.327. The maximum Gasteiger partial charge on any atom is 0.335 e. The summed E-state index contributed by atoms with van der Waals surface area (Å²) >= 11 is 0. The van der Waals surface area contributed by atoms with Crippen molar-refractivity contribution in [2.75, 3.05) is 19.8 Å². The van der Waals surface area contributed by atoms with E-state index in [1.54, 1.807) is 13.8 Å². The molecule has 0 radical (unpaired) electrons. The van der Waals surface area contributed by atoms with Gasteiger partial charge in [-0.15, -0.1) is 0 Å². The van der Waals surface area contributed by atoms with Crippen molar-refractivity contribution in [3.8, 4) is 11.5 Å². The van der Waals surface area contributed by atoms with Crippen LogP contribution < -0.4 is 0 Å². The highest BCUT2D eigenvalue weighted by atomic mass is 16.8. The number of ether oxygens (including phenoxy) is 5. The second kappa shape index (κ2) is 13.9. The molecule has 2 unspecified atom stereocenters. The third kappa shape index (κ3) is 7.09. The van der Waals surface area contributed by atoms with Crippen molar-refractivity contribution in [2.45, 2.75) is 63.4 Å². The van der Waals surface area contributed by atoms with E-state index in [0.29, 0.717) is 5.56 Å². The van der Waals surface area contributed by atoms with Crippen LogP contribution in [0.15, 0.2) is 41.7 Å². The van der Waals surface area contributed by atoms with Crippen molar-refractivity contribution in [1.82, 2.24) is 0 Å². The number of phenols is 2. The Hall–Kier alpha value is -3.24. The number of hydrogen-bond donors (Lipinski definition) is 7. The normalized spacial score (nSPS) is 30.3. The zero-order valence-corrected chi connectivity index (χ0v) is 21.8. The lowest BCUT2D eigenvalue weighted by Gasteiger charge is -2.41. The summed E-state index contributed by atoms with van der Waals surface area (Å²) in [5.41, 5.74) is 0.339. The molecule has 222 valence electrons. The van der Waals surface area contributed by atoms with Crippen LogP contribution in [0.2, 0.25) is 0 Å². The van der Waals surface area contributed by atoms with Crippen LogP contribution in [0.1, 0.15) is 31.9 Å². The van der Waals surface area contributed by atoms with Gasteiger partial charge in [0.25, 0.3) is 0 Å². The van der Waals surface area contributed by atoms with Crippen LogP contribution >= 0.6 is 0 Å². The van der Waals surface area contributed by atoms with Gasteiger partial charge in [0.1, 0.15) is 37.1 Å². The third-order valence-corrected chi connectivity index (χ3v) is 6.56. The summed E-state index contributed by atoms with van der Waals surface area (Å²) < 4.78 is 27.4. The van der Waals surface area contributed by atoms with Gasteiger partial charge in [-0.25, -0.2) is 4.79 Å². The first-order valence-electron chi connectivity index (χ1n) is 12.5. The fraction of sp³-hybridized carbons (Fsp3) is 0.538. The number of carboxylic acids is 1. The molecule has 8 atom stereocenters. The van der Waals surface area contributed by atoms with E-state index in [0.717, 1.165) is 6.26 Å². The zero-order chi connectivity index (χ0) is 29.6. The molecule has 1 saturated heterocycles. The number of aliphatic hydroxyl groups excluding tert-OH is 4. The molecule has 14 heteroatoms. The predicted molar refractivity (Wildman–Crippen MR) is 132 cm³/mol. The van der Waals surface area contributed by atoms with E-state index in [9.17, 15) is 45.3 Å². The summed E-state index contributed by atoms with van der Waals surface area (Å²) in [5, 5.41) is 68.8. The Morgan fingerprint density at radius 2 is 1.82 bits per heavy atom. The number of aliphatic hydroxyl groups is 4. The molecule has 0 bridgehead atoms. The Balaban J connectivity index is 1.74. The molecule has 0 amide bonds. The average Bonchev–Trinajstić information content (AvgIpc) is 2.92. The Labute approximate surface area is 229 Å². The summed E-state index contributed by atoms with van der Waals surface area (Å²) in [7, 11) is 0. The predicted octanol–water partition coefficient (Wildman–Crippen LogP) is -0.188. The summed E-state index contributed by atoms with van der Waals surface area (Å²) in [5.74, 6) is -3.95. The fourth-order valence-electron chi connectivity index (χ4n) is 4.39. The van der Waals surface area contributed by atoms with Gasteiger partial charge < -0.3 is 59.4 Å². The average molecular weight is 571 g/mol. The first-order valence-corrected chi connectivity index (χ1v) is 12.5. The van der Waals surface area contributed by atoms with E-state index in [2.05, 4.69) is 0 Å². The molecule has 1 fully saturated rings. The summed E-state index contributed by atoms with van der Waals surface area (Å²) in [6.07, 6.45) is -8.11. The molecule has 0 aromatic heterocycles. The highest BCUT2D eigenvalue weighted by Crippen LogP contribution is 2.36. The SMILES string of the molecule is CC=C1[C@H](OC2O[C@H](CO)[C@@H](O)[C@H](O)[C@H]2O)OC=C(C(=O)O)[C@H]1CC(=O)OCC(OCC)c1ccc(O)c(O)c1. The van der Waals surface area contributed by atoms with Crippen LogP contribution in [-0.4, -0.2) is 105 Å². The molecule has 2 heterocycles. The van der Waals surface area contributed by atoms with Gasteiger partial charge in [0.2, 0.25) is 6.29 Å².